The fourth-order valence-corrected chi connectivity index (χ4v) is 2.73. The Balaban J connectivity index is 1.65. The third kappa shape index (κ3) is 7.71. The summed E-state index contributed by atoms with van der Waals surface area (Å²) in [5.41, 5.74) is 3.49. The zero-order valence-corrected chi connectivity index (χ0v) is 16.2. The molecule has 144 valence electrons. The van der Waals surface area contributed by atoms with E-state index in [-0.39, 0.29) is 5.91 Å². The number of carbonyl (C=O) groups is 2. The van der Waals surface area contributed by atoms with E-state index in [1.807, 2.05) is 12.4 Å². The smallest absolute Gasteiger partial charge is 0.251 e. The number of aromatic nitrogens is 1. The highest BCUT2D eigenvalue weighted by Gasteiger charge is 2.05. The van der Waals surface area contributed by atoms with Gasteiger partial charge in [0.1, 0.15) is 6.29 Å². The lowest BCUT2D eigenvalue weighted by molar-refractivity contribution is 0.0953. The standard InChI is InChI=1S/C22H29N3O2/c1-17(2)7-8-18-11-20(15-24-13-18)14-23-9-4-10-25-22(27)21-6-3-5-19(12-21)16-26/h3,5-6,11-13,15-17,23H,4,7-10,14H2,1-2H3,(H,25,27). The van der Waals surface area contributed by atoms with E-state index in [9.17, 15) is 9.59 Å². The van der Waals surface area contributed by atoms with Crippen LogP contribution in [0.3, 0.4) is 0 Å². The highest BCUT2D eigenvalue weighted by atomic mass is 16.1. The predicted octanol–water partition coefficient (Wildman–Crippen LogP) is 3.39. The van der Waals surface area contributed by atoms with Crippen LogP contribution in [0.5, 0.6) is 0 Å². The molecule has 0 atom stereocenters. The van der Waals surface area contributed by atoms with Crippen molar-refractivity contribution in [3.05, 3.63) is 65.0 Å². The van der Waals surface area contributed by atoms with Crippen LogP contribution in [0.25, 0.3) is 0 Å². The zero-order chi connectivity index (χ0) is 19.5. The van der Waals surface area contributed by atoms with Gasteiger partial charge in [-0.25, -0.2) is 0 Å². The summed E-state index contributed by atoms with van der Waals surface area (Å²) in [6, 6.07) is 8.91. The maximum atomic E-state index is 12.1. The van der Waals surface area contributed by atoms with Crippen molar-refractivity contribution in [1.29, 1.82) is 0 Å². The molecule has 0 unspecified atom stereocenters. The lowest BCUT2D eigenvalue weighted by Gasteiger charge is -2.09. The van der Waals surface area contributed by atoms with Crippen molar-refractivity contribution in [2.75, 3.05) is 13.1 Å². The molecule has 0 aliphatic carbocycles. The molecular weight excluding hydrogens is 338 g/mol. The number of aldehydes is 1. The first-order chi connectivity index (χ1) is 13.1. The number of hydrogen-bond acceptors (Lipinski definition) is 4. The van der Waals surface area contributed by atoms with Gasteiger partial charge >= 0.3 is 0 Å². The third-order valence-electron chi connectivity index (χ3n) is 4.29. The molecular formula is C22H29N3O2. The quantitative estimate of drug-likeness (QED) is 0.472. The third-order valence-corrected chi connectivity index (χ3v) is 4.29. The second-order valence-electron chi connectivity index (χ2n) is 7.16. The van der Waals surface area contributed by atoms with E-state index >= 15 is 0 Å². The van der Waals surface area contributed by atoms with Crippen molar-refractivity contribution in [3.63, 3.8) is 0 Å². The zero-order valence-electron chi connectivity index (χ0n) is 16.2. The van der Waals surface area contributed by atoms with E-state index in [4.69, 9.17) is 0 Å². The normalized spacial score (nSPS) is 10.8. The van der Waals surface area contributed by atoms with Gasteiger partial charge in [-0.15, -0.1) is 0 Å². The predicted molar refractivity (Wildman–Crippen MR) is 108 cm³/mol. The van der Waals surface area contributed by atoms with Crippen LogP contribution in [0, 0.1) is 5.92 Å². The molecule has 1 aromatic heterocycles. The van der Waals surface area contributed by atoms with Crippen LogP contribution >= 0.6 is 0 Å². The van der Waals surface area contributed by atoms with Gasteiger partial charge in [-0.05, 0) is 55.0 Å². The Morgan fingerprint density at radius 2 is 1.96 bits per heavy atom. The van der Waals surface area contributed by atoms with E-state index in [1.54, 1.807) is 24.3 Å². The summed E-state index contributed by atoms with van der Waals surface area (Å²) in [5, 5.41) is 6.27. The first kappa shape index (κ1) is 20.8. The molecule has 2 aromatic rings. The molecule has 0 radical (unpaired) electrons. The summed E-state index contributed by atoms with van der Waals surface area (Å²) in [7, 11) is 0. The Labute approximate surface area is 161 Å². The number of rotatable bonds is 11. The summed E-state index contributed by atoms with van der Waals surface area (Å²) < 4.78 is 0. The fraction of sp³-hybridized carbons (Fsp3) is 0.409. The van der Waals surface area contributed by atoms with E-state index in [0.29, 0.717) is 23.6 Å². The van der Waals surface area contributed by atoms with E-state index in [1.165, 1.54) is 17.5 Å². The van der Waals surface area contributed by atoms with Gasteiger partial charge < -0.3 is 10.6 Å². The number of amides is 1. The molecule has 1 heterocycles. The molecule has 0 aliphatic rings. The number of nitrogens with zero attached hydrogens (tertiary/aromatic N) is 1. The Kier molecular flexibility index (Phi) is 8.65. The minimum absolute atomic E-state index is 0.152. The van der Waals surface area contributed by atoms with E-state index in [2.05, 4.69) is 35.5 Å². The molecule has 0 aliphatic heterocycles. The molecule has 0 spiro atoms. The number of aryl methyl sites for hydroxylation is 1. The maximum Gasteiger partial charge on any atom is 0.251 e. The molecule has 2 rings (SSSR count). The Morgan fingerprint density at radius 3 is 2.74 bits per heavy atom. The van der Waals surface area contributed by atoms with Crippen LogP contribution in [0.1, 0.15) is 58.5 Å². The van der Waals surface area contributed by atoms with Gasteiger partial charge in [-0.1, -0.05) is 32.0 Å². The molecule has 2 N–H and O–H groups in total. The molecule has 0 saturated heterocycles. The van der Waals surface area contributed by atoms with E-state index < -0.39 is 0 Å². The van der Waals surface area contributed by atoms with Crippen LogP contribution in [0.4, 0.5) is 0 Å². The van der Waals surface area contributed by atoms with Crippen molar-refractivity contribution in [2.45, 2.75) is 39.7 Å². The summed E-state index contributed by atoms with van der Waals surface area (Å²) in [5.74, 6) is 0.545. The topological polar surface area (TPSA) is 71.1 Å². The van der Waals surface area contributed by atoms with Crippen molar-refractivity contribution < 1.29 is 9.59 Å². The number of hydrogen-bond donors (Lipinski definition) is 2. The molecule has 1 amide bonds. The van der Waals surface area contributed by atoms with Gasteiger partial charge in [0.15, 0.2) is 0 Å². The summed E-state index contributed by atoms with van der Waals surface area (Å²) >= 11 is 0. The average Bonchev–Trinajstić information content (AvgIpc) is 2.69. The maximum absolute atomic E-state index is 12.1. The van der Waals surface area contributed by atoms with Crippen LogP contribution < -0.4 is 10.6 Å². The molecule has 1 aromatic carbocycles. The molecule has 5 heteroatoms. The van der Waals surface area contributed by atoms with Gasteiger partial charge in [0.2, 0.25) is 0 Å². The van der Waals surface area contributed by atoms with Crippen LogP contribution in [0.2, 0.25) is 0 Å². The lowest BCUT2D eigenvalue weighted by atomic mass is 10.0. The number of carbonyl (C=O) groups excluding carboxylic acids is 2. The first-order valence-corrected chi connectivity index (χ1v) is 9.55. The van der Waals surface area contributed by atoms with Crippen molar-refractivity contribution in [3.8, 4) is 0 Å². The fourth-order valence-electron chi connectivity index (χ4n) is 2.73. The lowest BCUT2D eigenvalue weighted by Crippen LogP contribution is -2.27. The van der Waals surface area contributed by atoms with Gasteiger partial charge in [-0.2, -0.15) is 0 Å². The van der Waals surface area contributed by atoms with Gasteiger partial charge in [0.25, 0.3) is 5.91 Å². The van der Waals surface area contributed by atoms with Gasteiger partial charge in [0.05, 0.1) is 0 Å². The van der Waals surface area contributed by atoms with Crippen molar-refractivity contribution >= 4 is 12.2 Å². The molecule has 0 bridgehead atoms. The number of pyridine rings is 1. The van der Waals surface area contributed by atoms with E-state index in [0.717, 1.165) is 32.2 Å². The van der Waals surface area contributed by atoms with Gasteiger partial charge in [0, 0.05) is 36.6 Å². The van der Waals surface area contributed by atoms with Gasteiger partial charge in [-0.3, -0.25) is 14.6 Å². The Bertz CT molecular complexity index is 744. The van der Waals surface area contributed by atoms with Crippen LogP contribution in [0.15, 0.2) is 42.7 Å². The number of nitrogens with one attached hydrogen (secondary N) is 2. The molecule has 27 heavy (non-hydrogen) atoms. The summed E-state index contributed by atoms with van der Waals surface area (Å²) in [6.07, 6.45) is 7.66. The summed E-state index contributed by atoms with van der Waals surface area (Å²) in [4.78, 5) is 27.2. The van der Waals surface area contributed by atoms with Crippen LogP contribution in [-0.2, 0) is 13.0 Å². The molecule has 0 fully saturated rings. The van der Waals surface area contributed by atoms with Crippen molar-refractivity contribution in [1.82, 2.24) is 15.6 Å². The summed E-state index contributed by atoms with van der Waals surface area (Å²) in [6.45, 7) is 6.64. The monoisotopic (exact) mass is 367 g/mol. The molecule has 5 nitrogen and oxygen atoms in total. The Morgan fingerprint density at radius 1 is 1.15 bits per heavy atom. The first-order valence-electron chi connectivity index (χ1n) is 9.55. The van der Waals surface area contributed by atoms with Crippen molar-refractivity contribution in [2.24, 2.45) is 5.92 Å². The number of benzene rings is 1. The Hall–Kier alpha value is -2.53. The minimum atomic E-state index is -0.152. The SMILES string of the molecule is CC(C)CCc1cncc(CNCCCNC(=O)c2cccc(C=O)c2)c1. The second-order valence-corrected chi connectivity index (χ2v) is 7.16. The van der Waals surface area contributed by atoms with Crippen LogP contribution in [-0.4, -0.2) is 30.3 Å². The largest absolute Gasteiger partial charge is 0.352 e. The highest BCUT2D eigenvalue weighted by Crippen LogP contribution is 2.09. The average molecular weight is 367 g/mol. The highest BCUT2D eigenvalue weighted by molar-refractivity contribution is 5.95. The second kappa shape index (κ2) is 11.2. The molecule has 0 saturated carbocycles. The minimum Gasteiger partial charge on any atom is -0.352 e.